The fourth-order valence-electron chi connectivity index (χ4n) is 0.937. The van der Waals surface area contributed by atoms with E-state index in [-0.39, 0.29) is 16.2 Å². The molecule has 90 valence electrons. The summed E-state index contributed by atoms with van der Waals surface area (Å²) in [5.41, 5.74) is 1.02. The summed E-state index contributed by atoms with van der Waals surface area (Å²) in [5.74, 6) is 4.77. The van der Waals surface area contributed by atoms with Gasteiger partial charge in [0.1, 0.15) is 5.03 Å². The number of nitrogens with two attached hydrogens (primary N) is 1. The molecule has 0 aliphatic carbocycles. The van der Waals surface area contributed by atoms with E-state index in [1.807, 2.05) is 19.3 Å². The lowest BCUT2D eigenvalue weighted by atomic mass is 10.4. The molecule has 0 bridgehead atoms. The van der Waals surface area contributed by atoms with Crippen LogP contribution in [-0.4, -0.2) is 15.2 Å². The Morgan fingerprint density at radius 1 is 1.38 bits per heavy atom. The Balaban J connectivity index is 3.11. The highest BCUT2D eigenvalue weighted by atomic mass is 32.2. The minimum Gasteiger partial charge on any atom is -0.292 e. The van der Waals surface area contributed by atoms with Crippen LogP contribution in [0.4, 0.5) is 19.1 Å². The third kappa shape index (κ3) is 3.53. The van der Waals surface area contributed by atoms with Gasteiger partial charge in [-0.15, -0.1) is 11.8 Å². The van der Waals surface area contributed by atoms with Crippen molar-refractivity contribution in [3.63, 3.8) is 0 Å². The zero-order valence-corrected chi connectivity index (χ0v) is 9.49. The maximum Gasteiger partial charge on any atom is 0.433 e. The smallest absolute Gasteiger partial charge is 0.292 e. The second kappa shape index (κ2) is 4.88. The first kappa shape index (κ1) is 13.0. The third-order valence-electron chi connectivity index (χ3n) is 1.48. The van der Waals surface area contributed by atoms with Crippen LogP contribution >= 0.6 is 11.8 Å². The highest BCUT2D eigenvalue weighted by Crippen LogP contribution is 2.31. The van der Waals surface area contributed by atoms with Gasteiger partial charge in [0, 0.05) is 11.3 Å². The molecule has 0 spiro atoms. The van der Waals surface area contributed by atoms with Gasteiger partial charge in [0.2, 0.25) is 5.95 Å². The molecule has 4 nitrogen and oxygen atoms in total. The van der Waals surface area contributed by atoms with Crippen molar-refractivity contribution in [2.24, 2.45) is 5.84 Å². The van der Waals surface area contributed by atoms with Crippen LogP contribution in [0.3, 0.4) is 0 Å². The summed E-state index contributed by atoms with van der Waals surface area (Å²) in [6, 6.07) is 0.908. The summed E-state index contributed by atoms with van der Waals surface area (Å²) in [5, 5.41) is 0.367. The molecule has 1 heterocycles. The maximum atomic E-state index is 12.5. The van der Waals surface area contributed by atoms with Gasteiger partial charge in [-0.1, -0.05) is 13.8 Å². The van der Waals surface area contributed by atoms with Crippen molar-refractivity contribution in [3.05, 3.63) is 11.8 Å². The normalized spacial score (nSPS) is 11.9. The Morgan fingerprint density at radius 2 is 2.00 bits per heavy atom. The molecule has 3 N–H and O–H groups in total. The summed E-state index contributed by atoms with van der Waals surface area (Å²) in [6.45, 7) is 3.71. The summed E-state index contributed by atoms with van der Waals surface area (Å²) >= 11 is 1.21. The first-order valence-corrected chi connectivity index (χ1v) is 5.30. The fourth-order valence-corrected chi connectivity index (χ4v) is 1.74. The number of alkyl halides is 3. The molecule has 1 rings (SSSR count). The number of nitrogen functional groups attached to an aromatic ring is 1. The molecule has 0 aliphatic rings. The number of halogens is 3. The quantitative estimate of drug-likeness (QED) is 0.374. The van der Waals surface area contributed by atoms with Gasteiger partial charge in [-0.05, 0) is 0 Å². The van der Waals surface area contributed by atoms with E-state index in [0.29, 0.717) is 0 Å². The number of thioether (sulfide) groups is 1. The first-order valence-electron chi connectivity index (χ1n) is 4.42. The van der Waals surface area contributed by atoms with Crippen molar-refractivity contribution >= 4 is 17.7 Å². The molecule has 0 amide bonds. The molecule has 0 aliphatic heterocycles. The predicted molar refractivity (Wildman–Crippen MR) is 55.8 cm³/mol. The van der Waals surface area contributed by atoms with Crippen LogP contribution in [0.25, 0.3) is 0 Å². The lowest BCUT2D eigenvalue weighted by Crippen LogP contribution is -2.16. The average Bonchev–Trinajstić information content (AvgIpc) is 2.14. The molecule has 1 aromatic heterocycles. The molecule has 0 aromatic carbocycles. The molecule has 16 heavy (non-hydrogen) atoms. The molecule has 0 saturated heterocycles. The molecule has 0 unspecified atom stereocenters. The van der Waals surface area contributed by atoms with Gasteiger partial charge in [-0.25, -0.2) is 15.8 Å². The summed E-state index contributed by atoms with van der Waals surface area (Å²) in [6.07, 6.45) is -4.50. The number of hydrogen-bond donors (Lipinski definition) is 2. The molecular weight excluding hydrogens is 241 g/mol. The van der Waals surface area contributed by atoms with Gasteiger partial charge in [-0.3, -0.25) is 5.43 Å². The number of nitrogens with one attached hydrogen (secondary N) is 1. The molecule has 0 radical (unpaired) electrons. The number of hydrazine groups is 1. The highest BCUT2D eigenvalue weighted by Gasteiger charge is 2.33. The molecule has 0 fully saturated rings. The number of aromatic nitrogens is 2. The van der Waals surface area contributed by atoms with Crippen molar-refractivity contribution < 1.29 is 13.2 Å². The number of rotatable bonds is 3. The van der Waals surface area contributed by atoms with Crippen molar-refractivity contribution in [2.75, 3.05) is 5.43 Å². The van der Waals surface area contributed by atoms with Gasteiger partial charge in [0.15, 0.2) is 5.69 Å². The van der Waals surface area contributed by atoms with E-state index in [1.54, 1.807) is 0 Å². The topological polar surface area (TPSA) is 63.8 Å². The zero-order valence-electron chi connectivity index (χ0n) is 8.67. The van der Waals surface area contributed by atoms with E-state index in [4.69, 9.17) is 5.84 Å². The van der Waals surface area contributed by atoms with Gasteiger partial charge < -0.3 is 0 Å². The molecule has 8 heteroatoms. The Kier molecular flexibility index (Phi) is 3.98. The van der Waals surface area contributed by atoms with Crippen molar-refractivity contribution in [2.45, 2.75) is 30.3 Å². The predicted octanol–water partition coefficient (Wildman–Crippen LogP) is 2.28. The average molecular weight is 252 g/mol. The molecule has 0 atom stereocenters. The number of hydrogen-bond acceptors (Lipinski definition) is 5. The fraction of sp³-hybridized carbons (Fsp3) is 0.500. The molecular formula is C8H11F3N4S. The van der Waals surface area contributed by atoms with Gasteiger partial charge in [-0.2, -0.15) is 13.2 Å². The Morgan fingerprint density at radius 3 is 2.44 bits per heavy atom. The summed E-state index contributed by atoms with van der Waals surface area (Å²) in [4.78, 5) is 7.07. The minimum atomic E-state index is -4.50. The second-order valence-corrected chi connectivity index (χ2v) is 4.82. The Hall–Kier alpha value is -1.02. The van der Waals surface area contributed by atoms with Crippen LogP contribution in [0.2, 0.25) is 0 Å². The van der Waals surface area contributed by atoms with E-state index in [2.05, 4.69) is 9.97 Å². The van der Waals surface area contributed by atoms with E-state index in [0.717, 1.165) is 6.07 Å². The zero-order chi connectivity index (χ0) is 12.3. The SMILES string of the molecule is CC(C)Sc1cc(C(F)(F)F)nc(NN)n1. The minimum absolute atomic E-state index is 0.126. The van der Waals surface area contributed by atoms with Gasteiger partial charge >= 0.3 is 6.18 Å². The van der Waals surface area contributed by atoms with Crippen LogP contribution in [-0.2, 0) is 6.18 Å². The van der Waals surface area contributed by atoms with Crippen LogP contribution < -0.4 is 11.3 Å². The Labute approximate surface area is 94.8 Å². The van der Waals surface area contributed by atoms with E-state index in [1.165, 1.54) is 11.8 Å². The lowest BCUT2D eigenvalue weighted by Gasteiger charge is -2.10. The number of anilines is 1. The molecule has 0 saturated carbocycles. The second-order valence-electron chi connectivity index (χ2n) is 3.22. The highest BCUT2D eigenvalue weighted by molar-refractivity contribution is 7.99. The van der Waals surface area contributed by atoms with Crippen molar-refractivity contribution in [1.29, 1.82) is 0 Å². The number of nitrogens with zero attached hydrogens (tertiary/aromatic N) is 2. The van der Waals surface area contributed by atoms with Crippen LogP contribution in [0, 0.1) is 0 Å². The van der Waals surface area contributed by atoms with Gasteiger partial charge in [0.25, 0.3) is 0 Å². The van der Waals surface area contributed by atoms with Crippen LogP contribution in [0.15, 0.2) is 11.1 Å². The van der Waals surface area contributed by atoms with E-state index < -0.39 is 11.9 Å². The summed E-state index contributed by atoms with van der Waals surface area (Å²) in [7, 11) is 0. The maximum absolute atomic E-state index is 12.5. The van der Waals surface area contributed by atoms with E-state index >= 15 is 0 Å². The third-order valence-corrected chi connectivity index (χ3v) is 2.40. The standard InChI is InChI=1S/C8H11F3N4S/c1-4(2)16-6-3-5(8(9,10)11)13-7(14-6)15-12/h3-4H,12H2,1-2H3,(H,13,14,15). The monoisotopic (exact) mass is 252 g/mol. The Bertz CT molecular complexity index is 367. The van der Waals surface area contributed by atoms with Crippen LogP contribution in [0.1, 0.15) is 19.5 Å². The van der Waals surface area contributed by atoms with Crippen molar-refractivity contribution in [3.8, 4) is 0 Å². The first-order chi connectivity index (χ1) is 7.32. The lowest BCUT2D eigenvalue weighted by molar-refractivity contribution is -0.141. The molecule has 1 aromatic rings. The van der Waals surface area contributed by atoms with Gasteiger partial charge in [0.05, 0.1) is 0 Å². The van der Waals surface area contributed by atoms with Crippen molar-refractivity contribution in [1.82, 2.24) is 9.97 Å². The van der Waals surface area contributed by atoms with Crippen LogP contribution in [0.5, 0.6) is 0 Å². The summed E-state index contributed by atoms with van der Waals surface area (Å²) < 4.78 is 37.4. The largest absolute Gasteiger partial charge is 0.433 e. The van der Waals surface area contributed by atoms with E-state index in [9.17, 15) is 13.2 Å².